The van der Waals surface area contributed by atoms with Crippen LogP contribution < -0.4 is 5.32 Å². The van der Waals surface area contributed by atoms with E-state index in [1.165, 1.54) is 0 Å². The summed E-state index contributed by atoms with van der Waals surface area (Å²) in [4.78, 5) is 31.5. The molecule has 3 aliphatic rings. The number of urea groups is 1. The average Bonchev–Trinajstić information content (AvgIpc) is 3.03. The number of benzene rings is 1. The smallest absolute Gasteiger partial charge is 0.322 e. The minimum Gasteiger partial charge on any atom is -0.379 e. The van der Waals surface area contributed by atoms with Crippen molar-refractivity contribution in [2.24, 2.45) is 0 Å². The first kappa shape index (κ1) is 19.0. The number of hydrogen-bond donors (Lipinski definition) is 1. The fourth-order valence-corrected chi connectivity index (χ4v) is 4.12. The van der Waals surface area contributed by atoms with E-state index in [0.29, 0.717) is 18.7 Å². The van der Waals surface area contributed by atoms with Gasteiger partial charge in [-0.15, -0.1) is 0 Å². The van der Waals surface area contributed by atoms with Crippen LogP contribution in [-0.4, -0.2) is 79.6 Å². The van der Waals surface area contributed by atoms with Crippen molar-refractivity contribution in [2.45, 2.75) is 19.4 Å². The molecule has 3 heterocycles. The normalized spacial score (nSPS) is 23.3. The Hall–Kier alpha value is -2.38. The fourth-order valence-electron chi connectivity index (χ4n) is 4.12. The number of carbonyl (C=O) groups excluding carboxylic acids is 2. The molecule has 1 fully saturated rings. The van der Waals surface area contributed by atoms with Crippen molar-refractivity contribution in [3.05, 3.63) is 46.7 Å². The third-order valence-corrected chi connectivity index (χ3v) is 5.85. The SMILES string of the molecule is Cc1ccc(C2NC(=O)N(C)C3=C2C(=O)N(CCCN2CCOCC2)C3)cc1. The molecule has 3 amide bonds. The standard InChI is InChI=1S/C21H28N4O3/c1-15-4-6-16(7-5-15)19-18-17(23(2)21(27)22-19)14-25(20(18)26)9-3-8-24-10-12-28-13-11-24/h4-7,19H,3,8-14H2,1-2H3,(H,22,27). The Bertz CT molecular complexity index is 783. The Morgan fingerprint density at radius 3 is 2.54 bits per heavy atom. The summed E-state index contributed by atoms with van der Waals surface area (Å²) < 4.78 is 5.39. The van der Waals surface area contributed by atoms with E-state index in [-0.39, 0.29) is 18.0 Å². The minimum atomic E-state index is -0.379. The van der Waals surface area contributed by atoms with Gasteiger partial charge in [-0.05, 0) is 18.9 Å². The van der Waals surface area contributed by atoms with Gasteiger partial charge >= 0.3 is 6.03 Å². The monoisotopic (exact) mass is 384 g/mol. The Labute approximate surface area is 165 Å². The number of carbonyl (C=O) groups is 2. The zero-order valence-electron chi connectivity index (χ0n) is 16.6. The summed E-state index contributed by atoms with van der Waals surface area (Å²) in [5.74, 6) is 0.0365. The lowest BCUT2D eigenvalue weighted by Gasteiger charge is -2.31. The predicted molar refractivity (Wildman–Crippen MR) is 106 cm³/mol. The van der Waals surface area contributed by atoms with E-state index in [1.54, 1.807) is 11.9 Å². The van der Waals surface area contributed by atoms with E-state index in [1.807, 2.05) is 36.1 Å². The number of morpholine rings is 1. The summed E-state index contributed by atoms with van der Waals surface area (Å²) in [5.41, 5.74) is 3.63. The zero-order valence-corrected chi connectivity index (χ0v) is 16.6. The maximum absolute atomic E-state index is 13.2. The molecular weight excluding hydrogens is 356 g/mol. The number of aryl methyl sites for hydroxylation is 1. The first-order valence-electron chi connectivity index (χ1n) is 9.98. The number of amides is 3. The highest BCUT2D eigenvalue weighted by atomic mass is 16.5. The van der Waals surface area contributed by atoms with Gasteiger partial charge in [0.1, 0.15) is 0 Å². The van der Waals surface area contributed by atoms with Crippen molar-refractivity contribution in [1.29, 1.82) is 0 Å². The number of nitrogens with zero attached hydrogens (tertiary/aromatic N) is 3. The number of rotatable bonds is 5. The Morgan fingerprint density at radius 1 is 1.11 bits per heavy atom. The highest BCUT2D eigenvalue weighted by molar-refractivity contribution is 6.01. The Morgan fingerprint density at radius 2 is 1.82 bits per heavy atom. The van der Waals surface area contributed by atoms with Crippen LogP contribution in [-0.2, 0) is 9.53 Å². The number of nitrogens with one attached hydrogen (secondary N) is 1. The summed E-state index contributed by atoms with van der Waals surface area (Å²) in [6.45, 7) is 7.68. The molecule has 0 spiro atoms. The van der Waals surface area contributed by atoms with Crippen LogP contribution in [0, 0.1) is 6.92 Å². The lowest BCUT2D eigenvalue weighted by atomic mass is 9.95. The molecule has 0 aromatic heterocycles. The largest absolute Gasteiger partial charge is 0.379 e. The second-order valence-corrected chi connectivity index (χ2v) is 7.75. The van der Waals surface area contributed by atoms with Crippen molar-refractivity contribution >= 4 is 11.9 Å². The molecule has 3 aliphatic heterocycles. The topological polar surface area (TPSA) is 65.1 Å². The van der Waals surface area contributed by atoms with E-state index in [4.69, 9.17) is 4.74 Å². The number of likely N-dealkylation sites (N-methyl/N-ethyl adjacent to an activating group) is 1. The van der Waals surface area contributed by atoms with E-state index >= 15 is 0 Å². The maximum atomic E-state index is 13.2. The summed E-state index contributed by atoms with van der Waals surface area (Å²) in [6.07, 6.45) is 0.923. The molecule has 0 bridgehead atoms. The molecule has 7 nitrogen and oxygen atoms in total. The van der Waals surface area contributed by atoms with Crippen LogP contribution in [0.3, 0.4) is 0 Å². The molecule has 150 valence electrons. The molecule has 1 aromatic carbocycles. The van der Waals surface area contributed by atoms with Crippen LogP contribution in [0.15, 0.2) is 35.5 Å². The summed E-state index contributed by atoms with van der Waals surface area (Å²) in [7, 11) is 1.74. The molecule has 0 aliphatic carbocycles. The van der Waals surface area contributed by atoms with Gasteiger partial charge in [0.15, 0.2) is 0 Å². The molecule has 1 saturated heterocycles. The first-order chi connectivity index (χ1) is 13.5. The summed E-state index contributed by atoms with van der Waals surface area (Å²) in [5, 5.41) is 2.99. The van der Waals surface area contributed by atoms with E-state index < -0.39 is 0 Å². The highest BCUT2D eigenvalue weighted by Crippen LogP contribution is 2.35. The van der Waals surface area contributed by atoms with Gasteiger partial charge < -0.3 is 15.0 Å². The minimum absolute atomic E-state index is 0.0365. The molecule has 1 unspecified atom stereocenters. The molecule has 4 rings (SSSR count). The Kier molecular flexibility index (Phi) is 5.37. The van der Waals surface area contributed by atoms with Gasteiger partial charge in [0, 0.05) is 33.2 Å². The van der Waals surface area contributed by atoms with Crippen molar-refractivity contribution in [2.75, 3.05) is 53.0 Å². The fraction of sp³-hybridized carbons (Fsp3) is 0.524. The number of hydrogen-bond acceptors (Lipinski definition) is 4. The van der Waals surface area contributed by atoms with Crippen LogP contribution in [0.5, 0.6) is 0 Å². The van der Waals surface area contributed by atoms with Crippen LogP contribution in [0.2, 0.25) is 0 Å². The van der Waals surface area contributed by atoms with Crippen molar-refractivity contribution < 1.29 is 14.3 Å². The van der Waals surface area contributed by atoms with Gasteiger partial charge in [-0.1, -0.05) is 29.8 Å². The van der Waals surface area contributed by atoms with Crippen LogP contribution in [0.25, 0.3) is 0 Å². The molecule has 1 N–H and O–H groups in total. The van der Waals surface area contributed by atoms with Crippen molar-refractivity contribution in [3.8, 4) is 0 Å². The van der Waals surface area contributed by atoms with E-state index in [2.05, 4.69) is 10.2 Å². The molecule has 1 atom stereocenters. The number of ether oxygens (including phenoxy) is 1. The maximum Gasteiger partial charge on any atom is 0.322 e. The van der Waals surface area contributed by atoms with Gasteiger partial charge in [-0.2, -0.15) is 0 Å². The van der Waals surface area contributed by atoms with E-state index in [9.17, 15) is 9.59 Å². The Balaban J connectivity index is 1.47. The highest BCUT2D eigenvalue weighted by Gasteiger charge is 2.42. The second-order valence-electron chi connectivity index (χ2n) is 7.75. The molecule has 28 heavy (non-hydrogen) atoms. The van der Waals surface area contributed by atoms with Crippen molar-refractivity contribution in [1.82, 2.24) is 20.0 Å². The summed E-state index contributed by atoms with van der Waals surface area (Å²) >= 11 is 0. The van der Waals surface area contributed by atoms with Gasteiger partial charge in [-0.25, -0.2) is 4.79 Å². The van der Waals surface area contributed by atoms with E-state index in [0.717, 1.165) is 56.1 Å². The lowest BCUT2D eigenvalue weighted by Crippen LogP contribution is -2.45. The molecule has 7 heteroatoms. The average molecular weight is 384 g/mol. The van der Waals surface area contributed by atoms with Gasteiger partial charge in [0.2, 0.25) is 0 Å². The molecular formula is C21H28N4O3. The van der Waals surface area contributed by atoms with Crippen molar-refractivity contribution in [3.63, 3.8) is 0 Å². The van der Waals surface area contributed by atoms with Gasteiger partial charge in [-0.3, -0.25) is 14.6 Å². The molecule has 0 radical (unpaired) electrons. The lowest BCUT2D eigenvalue weighted by molar-refractivity contribution is -0.125. The van der Waals surface area contributed by atoms with Gasteiger partial charge in [0.25, 0.3) is 5.91 Å². The quantitative estimate of drug-likeness (QED) is 0.836. The van der Waals surface area contributed by atoms with Crippen LogP contribution in [0.4, 0.5) is 4.79 Å². The van der Waals surface area contributed by atoms with Crippen LogP contribution in [0.1, 0.15) is 23.6 Å². The summed E-state index contributed by atoms with van der Waals surface area (Å²) in [6, 6.07) is 7.47. The first-order valence-corrected chi connectivity index (χ1v) is 9.98. The zero-order chi connectivity index (χ0) is 19.7. The van der Waals surface area contributed by atoms with Gasteiger partial charge in [0.05, 0.1) is 37.1 Å². The predicted octanol–water partition coefficient (Wildman–Crippen LogP) is 1.51. The molecule has 0 saturated carbocycles. The van der Waals surface area contributed by atoms with Crippen LogP contribution >= 0.6 is 0 Å². The third kappa shape index (κ3) is 3.64. The molecule has 1 aromatic rings. The third-order valence-electron chi connectivity index (χ3n) is 5.85. The second kappa shape index (κ2) is 7.93.